The van der Waals surface area contributed by atoms with Gasteiger partial charge in [0.25, 0.3) is 5.91 Å². The van der Waals surface area contributed by atoms with E-state index in [1.807, 2.05) is 0 Å². The molecule has 0 saturated carbocycles. The first-order valence-electron chi connectivity index (χ1n) is 9.23. The number of sulfone groups is 1. The summed E-state index contributed by atoms with van der Waals surface area (Å²) in [6, 6.07) is 7.61. The predicted molar refractivity (Wildman–Crippen MR) is 108 cm³/mol. The molecule has 1 aliphatic rings. The molecule has 0 aromatic heterocycles. The average Bonchev–Trinajstić information content (AvgIpc) is 2.93. The van der Waals surface area contributed by atoms with Crippen LogP contribution in [0.15, 0.2) is 47.4 Å². The maximum absolute atomic E-state index is 13.2. The molecule has 9 nitrogen and oxygen atoms in total. The Morgan fingerprint density at radius 1 is 1.19 bits per heavy atom. The molecule has 11 heteroatoms. The summed E-state index contributed by atoms with van der Waals surface area (Å²) in [5.41, 5.74) is -1.32. The van der Waals surface area contributed by atoms with Gasteiger partial charge in [0.1, 0.15) is 23.7 Å². The minimum atomic E-state index is -3.58. The highest BCUT2D eigenvalue weighted by Gasteiger charge is 2.49. The summed E-state index contributed by atoms with van der Waals surface area (Å²) >= 11 is 0. The fourth-order valence-corrected chi connectivity index (χ4v) is 4.03. The van der Waals surface area contributed by atoms with Gasteiger partial charge in [-0.15, -0.1) is 0 Å². The first-order valence-corrected chi connectivity index (χ1v) is 10.9. The molecule has 0 radical (unpaired) electrons. The molecule has 1 atom stereocenters. The van der Waals surface area contributed by atoms with Gasteiger partial charge in [0.2, 0.25) is 5.91 Å². The molecule has 1 aliphatic heterocycles. The zero-order valence-electron chi connectivity index (χ0n) is 16.7. The lowest BCUT2D eigenvalue weighted by Crippen LogP contribution is -2.42. The summed E-state index contributed by atoms with van der Waals surface area (Å²) in [5.74, 6) is -2.60. The van der Waals surface area contributed by atoms with E-state index in [4.69, 9.17) is 0 Å². The highest BCUT2D eigenvalue weighted by molar-refractivity contribution is 7.91. The highest BCUT2D eigenvalue weighted by atomic mass is 32.2. The molecule has 2 aromatic rings. The van der Waals surface area contributed by atoms with Crippen LogP contribution in [0.3, 0.4) is 0 Å². The first kappa shape index (κ1) is 22.2. The molecule has 3 N–H and O–H groups in total. The fourth-order valence-electron chi connectivity index (χ4n) is 3.13. The molecule has 3 rings (SSSR count). The summed E-state index contributed by atoms with van der Waals surface area (Å²) in [5, 5.41) is 14.7. The number of imide groups is 1. The SMILES string of the molecule is CCS(=O)(=O)c1ccc(O)c(NC(=O)CN2C(=O)NC(C)(c3ccc(F)cc3)C2=O)c1. The third-order valence-electron chi connectivity index (χ3n) is 4.98. The van der Waals surface area contributed by atoms with E-state index in [0.717, 1.165) is 24.3 Å². The maximum Gasteiger partial charge on any atom is 0.325 e. The van der Waals surface area contributed by atoms with Crippen molar-refractivity contribution < 1.29 is 32.3 Å². The van der Waals surface area contributed by atoms with Crippen molar-refractivity contribution in [1.29, 1.82) is 0 Å². The van der Waals surface area contributed by atoms with Gasteiger partial charge in [0.15, 0.2) is 9.84 Å². The summed E-state index contributed by atoms with van der Waals surface area (Å²) in [6.07, 6.45) is 0. The van der Waals surface area contributed by atoms with Crippen LogP contribution in [0.5, 0.6) is 5.75 Å². The van der Waals surface area contributed by atoms with Crippen LogP contribution in [0.2, 0.25) is 0 Å². The Morgan fingerprint density at radius 3 is 2.45 bits per heavy atom. The lowest BCUT2D eigenvalue weighted by molar-refractivity contribution is -0.133. The molecule has 0 aliphatic carbocycles. The average molecular weight is 449 g/mol. The molecule has 1 fully saturated rings. The largest absolute Gasteiger partial charge is 0.506 e. The Kier molecular flexibility index (Phi) is 5.72. The second kappa shape index (κ2) is 7.99. The Bertz CT molecular complexity index is 1170. The van der Waals surface area contributed by atoms with Gasteiger partial charge in [-0.3, -0.25) is 14.5 Å². The lowest BCUT2D eigenvalue weighted by Gasteiger charge is -2.22. The molecule has 1 saturated heterocycles. The van der Waals surface area contributed by atoms with Crippen molar-refractivity contribution >= 4 is 33.4 Å². The van der Waals surface area contributed by atoms with E-state index in [1.54, 1.807) is 0 Å². The van der Waals surface area contributed by atoms with E-state index in [2.05, 4.69) is 10.6 Å². The molecule has 31 heavy (non-hydrogen) atoms. The molecule has 2 aromatic carbocycles. The monoisotopic (exact) mass is 449 g/mol. The number of aromatic hydroxyl groups is 1. The predicted octanol–water partition coefficient (Wildman–Crippen LogP) is 1.73. The number of phenolic OH excluding ortho intramolecular Hbond substituents is 1. The summed E-state index contributed by atoms with van der Waals surface area (Å²) in [6.45, 7) is 2.21. The quantitative estimate of drug-likeness (QED) is 0.454. The molecule has 0 bridgehead atoms. The minimum absolute atomic E-state index is 0.0954. The van der Waals surface area contributed by atoms with Crippen LogP contribution in [0.25, 0.3) is 0 Å². The van der Waals surface area contributed by atoms with Crippen LogP contribution in [-0.4, -0.2) is 48.6 Å². The van der Waals surface area contributed by atoms with Crippen molar-refractivity contribution in [3.05, 3.63) is 53.8 Å². The molecule has 4 amide bonds. The van der Waals surface area contributed by atoms with Crippen LogP contribution < -0.4 is 10.6 Å². The van der Waals surface area contributed by atoms with E-state index in [1.165, 1.54) is 32.0 Å². The van der Waals surface area contributed by atoms with Crippen molar-refractivity contribution in [2.45, 2.75) is 24.3 Å². The van der Waals surface area contributed by atoms with Crippen LogP contribution >= 0.6 is 0 Å². The maximum atomic E-state index is 13.2. The van der Waals surface area contributed by atoms with Gasteiger partial charge in [-0.2, -0.15) is 0 Å². The topological polar surface area (TPSA) is 133 Å². The smallest absolute Gasteiger partial charge is 0.325 e. The second-order valence-electron chi connectivity index (χ2n) is 7.08. The first-order chi connectivity index (χ1) is 14.5. The van der Waals surface area contributed by atoms with Crippen molar-refractivity contribution in [1.82, 2.24) is 10.2 Å². The van der Waals surface area contributed by atoms with Gasteiger partial charge in [0.05, 0.1) is 16.3 Å². The summed E-state index contributed by atoms with van der Waals surface area (Å²) < 4.78 is 37.2. The van der Waals surface area contributed by atoms with Crippen LogP contribution in [0.4, 0.5) is 14.9 Å². The van der Waals surface area contributed by atoms with E-state index in [-0.39, 0.29) is 22.1 Å². The number of nitrogens with one attached hydrogen (secondary N) is 2. The Morgan fingerprint density at radius 2 is 1.84 bits per heavy atom. The molecule has 1 heterocycles. The van der Waals surface area contributed by atoms with Gasteiger partial charge in [-0.25, -0.2) is 17.6 Å². The molecule has 164 valence electrons. The highest BCUT2D eigenvalue weighted by Crippen LogP contribution is 2.30. The lowest BCUT2D eigenvalue weighted by atomic mass is 9.92. The van der Waals surface area contributed by atoms with E-state index in [0.29, 0.717) is 10.5 Å². The van der Waals surface area contributed by atoms with E-state index in [9.17, 15) is 32.3 Å². The Balaban J connectivity index is 1.78. The number of carbonyl (C=O) groups is 3. The number of phenols is 1. The Hall–Kier alpha value is -3.47. The molecular formula is C20H20FN3O6S. The van der Waals surface area contributed by atoms with Gasteiger partial charge in [-0.05, 0) is 42.8 Å². The van der Waals surface area contributed by atoms with Gasteiger partial charge in [0, 0.05) is 0 Å². The number of halogens is 1. The number of hydrogen-bond donors (Lipinski definition) is 3. The molecule has 0 spiro atoms. The number of amides is 4. The van der Waals surface area contributed by atoms with Crippen molar-refractivity contribution in [2.75, 3.05) is 17.6 Å². The van der Waals surface area contributed by atoms with Crippen molar-refractivity contribution in [3.63, 3.8) is 0 Å². The van der Waals surface area contributed by atoms with Crippen LogP contribution in [0, 0.1) is 5.82 Å². The third kappa shape index (κ3) is 4.22. The van der Waals surface area contributed by atoms with Crippen LogP contribution in [-0.2, 0) is 25.0 Å². The number of nitrogens with zero attached hydrogens (tertiary/aromatic N) is 1. The number of urea groups is 1. The number of anilines is 1. The zero-order valence-corrected chi connectivity index (χ0v) is 17.5. The fraction of sp³-hybridized carbons (Fsp3) is 0.250. The summed E-state index contributed by atoms with van der Waals surface area (Å²) in [4.78, 5) is 38.2. The minimum Gasteiger partial charge on any atom is -0.506 e. The van der Waals surface area contributed by atoms with Gasteiger partial charge >= 0.3 is 6.03 Å². The van der Waals surface area contributed by atoms with Crippen molar-refractivity contribution in [2.24, 2.45) is 0 Å². The number of carbonyl (C=O) groups excluding carboxylic acids is 3. The standard InChI is InChI=1S/C20H20FN3O6S/c1-3-31(29,30)14-8-9-16(25)15(10-14)22-17(26)11-24-18(27)20(2,23-19(24)28)12-4-6-13(21)7-5-12/h4-10,25H,3,11H2,1-2H3,(H,22,26)(H,23,28). The number of benzene rings is 2. The van der Waals surface area contributed by atoms with Crippen molar-refractivity contribution in [3.8, 4) is 5.75 Å². The summed E-state index contributed by atoms with van der Waals surface area (Å²) in [7, 11) is -3.58. The van der Waals surface area contributed by atoms with Gasteiger partial charge < -0.3 is 15.7 Å². The van der Waals surface area contributed by atoms with Crippen LogP contribution in [0.1, 0.15) is 19.4 Å². The number of rotatable bonds is 6. The Labute approximate surface area is 177 Å². The zero-order chi connectivity index (χ0) is 23.0. The van der Waals surface area contributed by atoms with E-state index >= 15 is 0 Å². The number of hydrogen-bond acceptors (Lipinski definition) is 6. The van der Waals surface area contributed by atoms with E-state index < -0.39 is 45.6 Å². The molecular weight excluding hydrogens is 429 g/mol. The normalized spacial score (nSPS) is 18.7. The third-order valence-corrected chi connectivity index (χ3v) is 6.71. The van der Waals surface area contributed by atoms with Gasteiger partial charge in [-0.1, -0.05) is 19.1 Å². The molecule has 1 unspecified atom stereocenters. The second-order valence-corrected chi connectivity index (χ2v) is 9.36.